The van der Waals surface area contributed by atoms with Crippen molar-refractivity contribution in [1.29, 1.82) is 0 Å². The van der Waals surface area contributed by atoms with Gasteiger partial charge in [0.2, 0.25) is 0 Å². The molecule has 0 bridgehead atoms. The van der Waals surface area contributed by atoms with Gasteiger partial charge in [0, 0.05) is 11.3 Å². The molecular formula is C16H18FN7O. The molecule has 1 fully saturated rings. The van der Waals surface area contributed by atoms with Crippen LogP contribution in [0.4, 0.5) is 10.2 Å². The van der Waals surface area contributed by atoms with E-state index in [9.17, 15) is 4.39 Å². The Balaban J connectivity index is 1.50. The van der Waals surface area contributed by atoms with Gasteiger partial charge >= 0.3 is 0 Å². The highest BCUT2D eigenvalue weighted by Crippen LogP contribution is 2.24. The summed E-state index contributed by atoms with van der Waals surface area (Å²) in [7, 11) is 0. The predicted octanol–water partition coefficient (Wildman–Crippen LogP) is 1.12. The highest BCUT2D eigenvalue weighted by molar-refractivity contribution is 5.88. The van der Waals surface area contributed by atoms with Gasteiger partial charge in [-0.2, -0.15) is 0 Å². The van der Waals surface area contributed by atoms with Crippen LogP contribution in [0.25, 0.3) is 10.9 Å². The molecule has 0 aliphatic carbocycles. The lowest BCUT2D eigenvalue weighted by molar-refractivity contribution is 0.180. The van der Waals surface area contributed by atoms with Crippen LogP contribution in [0.5, 0.6) is 0 Å². The third-order valence-electron chi connectivity index (χ3n) is 4.40. The molecule has 1 aromatic carbocycles. The van der Waals surface area contributed by atoms with Crippen molar-refractivity contribution in [3.8, 4) is 0 Å². The summed E-state index contributed by atoms with van der Waals surface area (Å²) in [6, 6.07) is 4.53. The number of hydrogen-bond donors (Lipinski definition) is 2. The number of aromatic nitrogens is 5. The normalized spacial score (nSPS) is 20.2. The lowest BCUT2D eigenvalue weighted by Crippen LogP contribution is -2.25. The Bertz CT molecular complexity index is 884. The van der Waals surface area contributed by atoms with Gasteiger partial charge < -0.3 is 15.8 Å². The van der Waals surface area contributed by atoms with Crippen LogP contribution in [0.2, 0.25) is 0 Å². The molecule has 0 spiro atoms. The number of anilines is 1. The van der Waals surface area contributed by atoms with Crippen LogP contribution in [-0.2, 0) is 11.3 Å². The Morgan fingerprint density at radius 1 is 1.32 bits per heavy atom. The molecule has 2 atom stereocenters. The maximum Gasteiger partial charge on any atom is 0.137 e. The molecule has 0 radical (unpaired) electrons. The van der Waals surface area contributed by atoms with Crippen LogP contribution in [0, 0.1) is 11.7 Å². The summed E-state index contributed by atoms with van der Waals surface area (Å²) in [5.74, 6) is 0.477. The average Bonchev–Trinajstić information content (AvgIpc) is 3.28. The summed E-state index contributed by atoms with van der Waals surface area (Å²) in [6.07, 6.45) is 3.32. The smallest absolute Gasteiger partial charge is 0.137 e. The Kier molecular flexibility index (Phi) is 4.24. The van der Waals surface area contributed by atoms with Gasteiger partial charge in [-0.25, -0.2) is 19.0 Å². The lowest BCUT2D eigenvalue weighted by atomic mass is 10.0. The third-order valence-corrected chi connectivity index (χ3v) is 4.40. The van der Waals surface area contributed by atoms with Crippen molar-refractivity contribution >= 4 is 16.7 Å². The Labute approximate surface area is 143 Å². The number of rotatable bonds is 5. The molecule has 8 nitrogen and oxygen atoms in total. The van der Waals surface area contributed by atoms with Crippen molar-refractivity contribution < 1.29 is 9.13 Å². The number of ether oxygens (including phenoxy) is 1. The van der Waals surface area contributed by atoms with E-state index in [1.807, 2.05) is 6.20 Å². The fraction of sp³-hybridized carbons (Fsp3) is 0.375. The fourth-order valence-electron chi connectivity index (χ4n) is 3.01. The molecule has 0 unspecified atom stereocenters. The van der Waals surface area contributed by atoms with E-state index in [2.05, 4.69) is 25.6 Å². The molecule has 1 aliphatic heterocycles. The SMILES string of the molecule is NC[C@@H]1COC[C@H]1n1cc(CNc2ncnc3ccc(F)cc23)nn1. The van der Waals surface area contributed by atoms with Crippen LogP contribution in [0.3, 0.4) is 0 Å². The molecule has 0 saturated carbocycles. The summed E-state index contributed by atoms with van der Waals surface area (Å²) in [5.41, 5.74) is 7.20. The van der Waals surface area contributed by atoms with E-state index in [4.69, 9.17) is 10.5 Å². The highest BCUT2D eigenvalue weighted by atomic mass is 19.1. The van der Waals surface area contributed by atoms with Crippen molar-refractivity contribution in [1.82, 2.24) is 25.0 Å². The number of benzene rings is 1. The highest BCUT2D eigenvalue weighted by Gasteiger charge is 2.29. The fourth-order valence-corrected chi connectivity index (χ4v) is 3.01. The number of nitrogens with one attached hydrogen (secondary N) is 1. The van der Waals surface area contributed by atoms with Crippen molar-refractivity contribution in [2.75, 3.05) is 25.1 Å². The van der Waals surface area contributed by atoms with Crippen LogP contribution in [0.1, 0.15) is 11.7 Å². The molecule has 9 heteroatoms. The van der Waals surface area contributed by atoms with Gasteiger partial charge in [0.1, 0.15) is 23.7 Å². The summed E-state index contributed by atoms with van der Waals surface area (Å²) >= 11 is 0. The third kappa shape index (κ3) is 3.15. The van der Waals surface area contributed by atoms with E-state index >= 15 is 0 Å². The second-order valence-corrected chi connectivity index (χ2v) is 6.03. The van der Waals surface area contributed by atoms with Crippen LogP contribution in [0.15, 0.2) is 30.7 Å². The minimum absolute atomic E-state index is 0.111. The van der Waals surface area contributed by atoms with Crippen molar-refractivity contribution in [3.63, 3.8) is 0 Å². The van der Waals surface area contributed by atoms with Crippen molar-refractivity contribution in [2.24, 2.45) is 11.7 Å². The summed E-state index contributed by atoms with van der Waals surface area (Å²) in [4.78, 5) is 8.33. The van der Waals surface area contributed by atoms with Crippen LogP contribution >= 0.6 is 0 Å². The maximum absolute atomic E-state index is 13.5. The monoisotopic (exact) mass is 343 g/mol. The van der Waals surface area contributed by atoms with E-state index in [1.165, 1.54) is 18.5 Å². The first-order valence-corrected chi connectivity index (χ1v) is 8.07. The molecule has 3 heterocycles. The average molecular weight is 343 g/mol. The quantitative estimate of drug-likeness (QED) is 0.715. The topological polar surface area (TPSA) is 104 Å². The number of halogens is 1. The zero-order valence-electron chi connectivity index (χ0n) is 13.5. The van der Waals surface area contributed by atoms with Gasteiger partial charge in [-0.05, 0) is 24.7 Å². The number of hydrogen-bond acceptors (Lipinski definition) is 7. The molecule has 4 rings (SSSR count). The Morgan fingerprint density at radius 3 is 3.12 bits per heavy atom. The predicted molar refractivity (Wildman–Crippen MR) is 89.2 cm³/mol. The summed E-state index contributed by atoms with van der Waals surface area (Å²) in [5, 5.41) is 12.2. The standard InChI is InChI=1S/C16H18FN7O/c17-11-1-2-14-13(3-11)16(21-9-20-14)19-5-12-6-24(23-22-12)15-8-25-7-10(15)4-18/h1-3,6,9-10,15H,4-5,7-8,18H2,(H,19,20,21)/t10-,15-/m1/s1. The minimum Gasteiger partial charge on any atom is -0.379 e. The molecule has 25 heavy (non-hydrogen) atoms. The van der Waals surface area contributed by atoms with E-state index < -0.39 is 0 Å². The van der Waals surface area contributed by atoms with Gasteiger partial charge in [0.05, 0.1) is 37.5 Å². The molecule has 1 aliphatic rings. The number of nitrogens with zero attached hydrogens (tertiary/aromatic N) is 5. The first-order valence-electron chi connectivity index (χ1n) is 8.07. The van der Waals surface area contributed by atoms with E-state index in [1.54, 1.807) is 10.7 Å². The Hall–Kier alpha value is -2.65. The van der Waals surface area contributed by atoms with Gasteiger partial charge in [-0.3, -0.25) is 0 Å². The molecular weight excluding hydrogens is 325 g/mol. The van der Waals surface area contributed by atoms with Gasteiger partial charge in [0.15, 0.2) is 0 Å². The van der Waals surface area contributed by atoms with Gasteiger partial charge in [-0.15, -0.1) is 5.10 Å². The second-order valence-electron chi connectivity index (χ2n) is 6.03. The van der Waals surface area contributed by atoms with Crippen molar-refractivity contribution in [3.05, 3.63) is 42.2 Å². The number of fused-ring (bicyclic) bond motifs is 1. The van der Waals surface area contributed by atoms with Crippen LogP contribution < -0.4 is 11.1 Å². The zero-order chi connectivity index (χ0) is 17.2. The molecule has 130 valence electrons. The molecule has 1 saturated heterocycles. The summed E-state index contributed by atoms with van der Waals surface area (Å²) in [6.45, 7) is 2.21. The first kappa shape index (κ1) is 15.9. The minimum atomic E-state index is -0.328. The van der Waals surface area contributed by atoms with Gasteiger partial charge in [0.25, 0.3) is 0 Å². The number of nitrogens with two attached hydrogens (primary N) is 1. The van der Waals surface area contributed by atoms with Crippen LogP contribution in [-0.4, -0.2) is 44.7 Å². The van der Waals surface area contributed by atoms with Gasteiger partial charge in [-0.1, -0.05) is 5.21 Å². The molecule has 3 aromatic rings. The molecule has 2 aromatic heterocycles. The maximum atomic E-state index is 13.5. The molecule has 0 amide bonds. The largest absolute Gasteiger partial charge is 0.379 e. The second kappa shape index (κ2) is 6.69. The Morgan fingerprint density at radius 2 is 2.24 bits per heavy atom. The summed E-state index contributed by atoms with van der Waals surface area (Å²) < 4.78 is 20.8. The van der Waals surface area contributed by atoms with E-state index in [-0.39, 0.29) is 17.8 Å². The van der Waals surface area contributed by atoms with Crippen molar-refractivity contribution in [2.45, 2.75) is 12.6 Å². The molecule has 3 N–H and O–H groups in total. The lowest BCUT2D eigenvalue weighted by Gasteiger charge is -2.14. The zero-order valence-corrected chi connectivity index (χ0v) is 13.5. The van der Waals surface area contributed by atoms with E-state index in [0.29, 0.717) is 43.0 Å². The first-order chi connectivity index (χ1) is 12.2. The van der Waals surface area contributed by atoms with E-state index in [0.717, 1.165) is 5.69 Å².